The van der Waals surface area contributed by atoms with Crippen LogP contribution in [0.15, 0.2) is 79.0 Å². The molecule has 0 saturated carbocycles. The average Bonchev–Trinajstić information content (AvgIpc) is 2.76. The first-order valence-electron chi connectivity index (χ1n) is 9.31. The van der Waals surface area contributed by atoms with E-state index < -0.39 is 6.09 Å². The van der Waals surface area contributed by atoms with Gasteiger partial charge in [-0.2, -0.15) is 0 Å². The van der Waals surface area contributed by atoms with E-state index in [1.165, 1.54) is 0 Å². The minimum absolute atomic E-state index is 0.00835. The van der Waals surface area contributed by atoms with Crippen LogP contribution in [0.1, 0.15) is 12.0 Å². The van der Waals surface area contributed by atoms with Crippen molar-refractivity contribution in [2.24, 2.45) is 0 Å². The monoisotopic (exact) mass is 405 g/mol. The van der Waals surface area contributed by atoms with E-state index in [0.717, 1.165) is 22.1 Å². The molecule has 0 atom stereocenters. The van der Waals surface area contributed by atoms with Crippen molar-refractivity contribution in [2.45, 2.75) is 13.0 Å². The van der Waals surface area contributed by atoms with E-state index in [1.807, 2.05) is 42.5 Å². The predicted molar refractivity (Wildman–Crippen MR) is 116 cm³/mol. The summed E-state index contributed by atoms with van der Waals surface area (Å²) in [6.07, 6.45) is -0.687. The summed E-state index contributed by atoms with van der Waals surface area (Å²) < 4.78 is 10.2. The number of nitrogens with one attached hydrogen (secondary N) is 3. The van der Waals surface area contributed by atoms with Crippen molar-refractivity contribution < 1.29 is 19.1 Å². The number of fused-ring (bicyclic) bond motifs is 1. The smallest absolute Gasteiger partial charge is 0.426 e. The Bertz CT molecular complexity index is 1050. The molecule has 30 heavy (non-hydrogen) atoms. The lowest BCUT2D eigenvalue weighted by Gasteiger charge is -2.12. The Labute approximate surface area is 174 Å². The Hall–Kier alpha value is -4.00. The number of anilines is 1. The van der Waals surface area contributed by atoms with Gasteiger partial charge in [0.1, 0.15) is 12.4 Å². The fourth-order valence-electron chi connectivity index (χ4n) is 2.76. The van der Waals surface area contributed by atoms with Crippen LogP contribution in [-0.4, -0.2) is 19.1 Å². The molecule has 7 heteroatoms. The van der Waals surface area contributed by atoms with Crippen LogP contribution in [0, 0.1) is 0 Å². The molecule has 3 aromatic carbocycles. The average molecular weight is 405 g/mol. The Kier molecular flexibility index (Phi) is 6.89. The zero-order chi connectivity index (χ0) is 21.3. The van der Waals surface area contributed by atoms with Gasteiger partial charge in [0.15, 0.2) is 0 Å². The van der Waals surface area contributed by atoms with E-state index in [4.69, 9.17) is 9.47 Å². The zero-order valence-electron chi connectivity index (χ0n) is 16.6. The van der Waals surface area contributed by atoms with Gasteiger partial charge in [-0.25, -0.2) is 10.2 Å². The summed E-state index contributed by atoms with van der Waals surface area (Å²) in [5, 5.41) is 4.95. The van der Waals surface area contributed by atoms with Gasteiger partial charge < -0.3 is 20.2 Å². The Balaban J connectivity index is 1.39. The highest BCUT2D eigenvalue weighted by molar-refractivity contribution is 5.95. The Morgan fingerprint density at radius 3 is 2.40 bits per heavy atom. The second kappa shape index (κ2) is 9.97. The third-order valence-electron chi connectivity index (χ3n) is 4.28. The second-order valence-electron chi connectivity index (χ2n) is 6.56. The van der Waals surface area contributed by atoms with Gasteiger partial charge in [0.25, 0.3) is 0 Å². The van der Waals surface area contributed by atoms with E-state index >= 15 is 0 Å². The number of hydrazine groups is 1. The first-order valence-corrected chi connectivity index (χ1v) is 9.31. The van der Waals surface area contributed by atoms with Gasteiger partial charge in [0.2, 0.25) is 5.91 Å². The van der Waals surface area contributed by atoms with E-state index in [1.54, 1.807) is 31.4 Å². The molecule has 0 fully saturated rings. The number of methoxy groups -OCH3 is 1. The summed E-state index contributed by atoms with van der Waals surface area (Å²) in [7, 11) is 1.58. The third kappa shape index (κ3) is 6.00. The van der Waals surface area contributed by atoms with E-state index in [-0.39, 0.29) is 18.9 Å². The highest BCUT2D eigenvalue weighted by Gasteiger charge is 2.08. The number of hydrogen-bond donors (Lipinski definition) is 3. The summed E-state index contributed by atoms with van der Waals surface area (Å²) in [4.78, 5) is 24.0. The summed E-state index contributed by atoms with van der Waals surface area (Å²) in [6, 6.07) is 20.7. The second-order valence-corrected chi connectivity index (χ2v) is 6.56. The number of rotatable bonds is 8. The normalized spacial score (nSPS) is 10.2. The fraction of sp³-hybridized carbons (Fsp3) is 0.130. The topological polar surface area (TPSA) is 88.7 Å². The standard InChI is InChI=1S/C23H23N3O4/c1-16(25-26-23(28)30-15-17-7-11-21(29-2)12-8-17)13-22(27)24-20-10-9-18-5-3-4-6-19(18)14-20/h3-12,14,25H,1,13,15H2,2H3,(H,24,27)(H,26,28). The van der Waals surface area contributed by atoms with Crippen LogP contribution >= 0.6 is 0 Å². The summed E-state index contributed by atoms with van der Waals surface area (Å²) >= 11 is 0. The maximum atomic E-state index is 12.2. The maximum absolute atomic E-state index is 12.2. The van der Waals surface area contributed by atoms with Gasteiger partial charge in [-0.05, 0) is 40.6 Å². The molecule has 0 unspecified atom stereocenters. The van der Waals surface area contributed by atoms with Crippen molar-refractivity contribution in [3.63, 3.8) is 0 Å². The molecule has 0 aliphatic rings. The molecule has 0 saturated heterocycles. The van der Waals surface area contributed by atoms with Crippen molar-refractivity contribution in [3.8, 4) is 5.75 Å². The molecule has 0 radical (unpaired) electrons. The number of amides is 2. The Morgan fingerprint density at radius 2 is 1.67 bits per heavy atom. The molecular weight excluding hydrogens is 382 g/mol. The predicted octanol–water partition coefficient (Wildman–Crippen LogP) is 4.12. The van der Waals surface area contributed by atoms with Crippen molar-refractivity contribution in [1.29, 1.82) is 0 Å². The summed E-state index contributed by atoms with van der Waals surface area (Å²) in [5.74, 6) is 0.472. The maximum Gasteiger partial charge on any atom is 0.426 e. The van der Waals surface area contributed by atoms with Gasteiger partial charge in [0.05, 0.1) is 13.5 Å². The highest BCUT2D eigenvalue weighted by Crippen LogP contribution is 2.19. The minimum Gasteiger partial charge on any atom is -0.497 e. The van der Waals surface area contributed by atoms with Crippen molar-refractivity contribution in [3.05, 3.63) is 84.6 Å². The SMILES string of the molecule is C=C(CC(=O)Nc1ccc2ccccc2c1)NNC(=O)OCc1ccc(OC)cc1. The van der Waals surface area contributed by atoms with Gasteiger partial charge in [-0.15, -0.1) is 0 Å². The molecule has 154 valence electrons. The lowest BCUT2D eigenvalue weighted by Crippen LogP contribution is -2.37. The van der Waals surface area contributed by atoms with Crippen LogP contribution in [-0.2, 0) is 16.1 Å². The van der Waals surface area contributed by atoms with Crippen molar-refractivity contribution in [1.82, 2.24) is 10.9 Å². The van der Waals surface area contributed by atoms with Crippen molar-refractivity contribution in [2.75, 3.05) is 12.4 Å². The number of carbonyl (C=O) groups excluding carboxylic acids is 2. The quantitative estimate of drug-likeness (QED) is 0.491. The van der Waals surface area contributed by atoms with E-state index in [0.29, 0.717) is 11.4 Å². The molecule has 0 heterocycles. The third-order valence-corrected chi connectivity index (χ3v) is 4.28. The molecule has 2 amide bonds. The lowest BCUT2D eigenvalue weighted by atomic mass is 10.1. The van der Waals surface area contributed by atoms with Crippen LogP contribution in [0.2, 0.25) is 0 Å². The molecule has 0 aliphatic carbocycles. The number of ether oxygens (including phenoxy) is 2. The molecule has 3 N–H and O–H groups in total. The van der Waals surface area contributed by atoms with Gasteiger partial charge in [-0.1, -0.05) is 49.0 Å². The van der Waals surface area contributed by atoms with E-state index in [2.05, 4.69) is 22.7 Å². The van der Waals surface area contributed by atoms with Gasteiger partial charge in [-0.3, -0.25) is 4.79 Å². The minimum atomic E-state index is -0.679. The van der Waals surface area contributed by atoms with Gasteiger partial charge in [0, 0.05) is 11.4 Å². The molecule has 0 aromatic heterocycles. The van der Waals surface area contributed by atoms with E-state index in [9.17, 15) is 9.59 Å². The molecule has 0 aliphatic heterocycles. The number of benzene rings is 3. The molecule has 0 spiro atoms. The largest absolute Gasteiger partial charge is 0.497 e. The van der Waals surface area contributed by atoms with Crippen LogP contribution in [0.5, 0.6) is 5.75 Å². The molecule has 3 aromatic rings. The fourth-order valence-corrected chi connectivity index (χ4v) is 2.76. The Morgan fingerprint density at radius 1 is 0.933 bits per heavy atom. The van der Waals surface area contributed by atoms with Crippen molar-refractivity contribution >= 4 is 28.5 Å². The molecule has 0 bridgehead atoms. The van der Waals surface area contributed by atoms with Crippen LogP contribution in [0.4, 0.5) is 10.5 Å². The summed E-state index contributed by atoms with van der Waals surface area (Å²) in [5.41, 5.74) is 6.78. The lowest BCUT2D eigenvalue weighted by molar-refractivity contribution is -0.115. The first-order chi connectivity index (χ1) is 14.5. The zero-order valence-corrected chi connectivity index (χ0v) is 16.6. The molecule has 3 rings (SSSR count). The van der Waals surface area contributed by atoms with Crippen LogP contribution < -0.4 is 20.9 Å². The molecule has 7 nitrogen and oxygen atoms in total. The van der Waals surface area contributed by atoms with Crippen LogP contribution in [0.3, 0.4) is 0 Å². The first kappa shape index (κ1) is 20.7. The summed E-state index contributed by atoms with van der Waals surface area (Å²) in [6.45, 7) is 3.84. The number of carbonyl (C=O) groups is 2. The van der Waals surface area contributed by atoms with Crippen LogP contribution in [0.25, 0.3) is 10.8 Å². The number of hydrogen-bond acceptors (Lipinski definition) is 5. The van der Waals surface area contributed by atoms with Gasteiger partial charge >= 0.3 is 6.09 Å². The molecular formula is C23H23N3O4. The highest BCUT2D eigenvalue weighted by atomic mass is 16.6.